The van der Waals surface area contributed by atoms with Crippen molar-refractivity contribution in [2.45, 2.75) is 13.8 Å². The Labute approximate surface area is 185 Å². The molecule has 0 spiro atoms. The van der Waals surface area contributed by atoms with Gasteiger partial charge in [-0.1, -0.05) is 54.3 Å². The lowest BCUT2D eigenvalue weighted by Gasteiger charge is -2.11. The van der Waals surface area contributed by atoms with Crippen LogP contribution in [0.15, 0.2) is 60.0 Å². The third-order valence-corrected chi connectivity index (χ3v) is 5.92. The number of nitrogens with zero attached hydrogens (tertiary/aromatic N) is 1. The Balaban J connectivity index is 1.69. The van der Waals surface area contributed by atoms with Gasteiger partial charge in [0.2, 0.25) is 0 Å². The van der Waals surface area contributed by atoms with Crippen molar-refractivity contribution in [2.75, 3.05) is 18.5 Å². The summed E-state index contributed by atoms with van der Waals surface area (Å²) < 4.78 is 6.23. The van der Waals surface area contributed by atoms with Crippen molar-refractivity contribution in [3.05, 3.63) is 76.7 Å². The number of carbonyl (C=O) groups excluding carboxylic acids is 2. The molecular weight excluding hydrogens is 416 g/mol. The SMILES string of the molecule is C=CCN1C(=O)/C(=C/c2ccccc2OCC(=O)Nc2ccc(C)c(C)c2)SC1=S. The van der Waals surface area contributed by atoms with Gasteiger partial charge in [-0.3, -0.25) is 14.5 Å². The highest BCUT2D eigenvalue weighted by Gasteiger charge is 2.31. The largest absolute Gasteiger partial charge is 0.483 e. The Kier molecular flexibility index (Phi) is 7.07. The van der Waals surface area contributed by atoms with Gasteiger partial charge in [0.1, 0.15) is 10.1 Å². The van der Waals surface area contributed by atoms with Gasteiger partial charge in [-0.2, -0.15) is 0 Å². The molecule has 1 heterocycles. The van der Waals surface area contributed by atoms with Crippen LogP contribution in [0.2, 0.25) is 0 Å². The fraction of sp³-hybridized carbons (Fsp3) is 0.174. The minimum absolute atomic E-state index is 0.144. The maximum Gasteiger partial charge on any atom is 0.266 e. The van der Waals surface area contributed by atoms with Crippen LogP contribution in [0.5, 0.6) is 5.75 Å². The number of aryl methyl sites for hydroxylation is 2. The summed E-state index contributed by atoms with van der Waals surface area (Å²) in [6.07, 6.45) is 3.37. The summed E-state index contributed by atoms with van der Waals surface area (Å²) >= 11 is 6.51. The van der Waals surface area contributed by atoms with Gasteiger partial charge in [-0.25, -0.2) is 0 Å². The number of hydrogen-bond acceptors (Lipinski definition) is 5. The van der Waals surface area contributed by atoms with Gasteiger partial charge in [0.25, 0.3) is 11.8 Å². The molecule has 3 rings (SSSR count). The van der Waals surface area contributed by atoms with E-state index < -0.39 is 0 Å². The molecule has 1 aliphatic heterocycles. The van der Waals surface area contributed by atoms with Gasteiger partial charge in [0, 0.05) is 17.8 Å². The second-order valence-electron chi connectivity index (χ2n) is 6.75. The molecule has 7 heteroatoms. The van der Waals surface area contributed by atoms with Crippen molar-refractivity contribution in [3.63, 3.8) is 0 Å². The number of carbonyl (C=O) groups is 2. The van der Waals surface area contributed by atoms with E-state index >= 15 is 0 Å². The van der Waals surface area contributed by atoms with Gasteiger partial charge in [-0.05, 0) is 49.2 Å². The smallest absolute Gasteiger partial charge is 0.266 e. The van der Waals surface area contributed by atoms with E-state index in [0.29, 0.717) is 27.1 Å². The highest BCUT2D eigenvalue weighted by atomic mass is 32.2. The van der Waals surface area contributed by atoms with Crippen molar-refractivity contribution >= 4 is 51.9 Å². The van der Waals surface area contributed by atoms with Gasteiger partial charge in [-0.15, -0.1) is 6.58 Å². The number of ether oxygens (including phenoxy) is 1. The monoisotopic (exact) mass is 438 g/mol. The predicted octanol–water partition coefficient (Wildman–Crippen LogP) is 4.71. The Morgan fingerprint density at radius 3 is 2.73 bits per heavy atom. The molecule has 1 aliphatic rings. The molecule has 2 amide bonds. The number of benzene rings is 2. The van der Waals surface area contributed by atoms with E-state index in [1.807, 2.05) is 50.2 Å². The fourth-order valence-corrected chi connectivity index (χ4v) is 4.08. The summed E-state index contributed by atoms with van der Waals surface area (Å²) in [7, 11) is 0. The predicted molar refractivity (Wildman–Crippen MR) is 127 cm³/mol. The molecule has 0 aliphatic carbocycles. The molecular formula is C23H22N2O3S2. The van der Waals surface area contributed by atoms with E-state index in [0.717, 1.165) is 16.8 Å². The minimum atomic E-state index is -0.259. The van der Waals surface area contributed by atoms with E-state index in [-0.39, 0.29) is 18.4 Å². The first-order chi connectivity index (χ1) is 14.4. The van der Waals surface area contributed by atoms with Crippen LogP contribution in [0.25, 0.3) is 6.08 Å². The van der Waals surface area contributed by atoms with Gasteiger partial charge in [0.15, 0.2) is 6.61 Å². The van der Waals surface area contributed by atoms with Crippen LogP contribution in [0.3, 0.4) is 0 Å². The van der Waals surface area contributed by atoms with E-state index in [4.69, 9.17) is 17.0 Å². The number of nitrogens with one attached hydrogen (secondary N) is 1. The first kappa shape index (κ1) is 21.8. The van der Waals surface area contributed by atoms with Crippen LogP contribution in [-0.4, -0.2) is 34.2 Å². The lowest BCUT2D eigenvalue weighted by Crippen LogP contribution is -2.27. The third-order valence-electron chi connectivity index (χ3n) is 4.54. The van der Waals surface area contributed by atoms with E-state index in [1.54, 1.807) is 18.2 Å². The van der Waals surface area contributed by atoms with Crippen LogP contribution in [-0.2, 0) is 9.59 Å². The Bertz CT molecular complexity index is 1050. The Hall–Kier alpha value is -2.90. The molecule has 0 bridgehead atoms. The van der Waals surface area contributed by atoms with Gasteiger partial charge < -0.3 is 10.1 Å². The number of anilines is 1. The van der Waals surface area contributed by atoms with Crippen LogP contribution in [0.1, 0.15) is 16.7 Å². The molecule has 2 aromatic carbocycles. The first-order valence-electron chi connectivity index (χ1n) is 9.34. The molecule has 1 saturated heterocycles. The van der Waals surface area contributed by atoms with E-state index in [9.17, 15) is 9.59 Å². The average Bonchev–Trinajstić information content (AvgIpc) is 2.98. The zero-order chi connectivity index (χ0) is 21.7. The molecule has 5 nitrogen and oxygen atoms in total. The fourth-order valence-electron chi connectivity index (χ4n) is 2.82. The molecule has 0 saturated carbocycles. The van der Waals surface area contributed by atoms with E-state index in [2.05, 4.69) is 11.9 Å². The summed E-state index contributed by atoms with van der Waals surface area (Å²) in [6, 6.07) is 13.0. The molecule has 2 aromatic rings. The van der Waals surface area contributed by atoms with Crippen molar-refractivity contribution in [2.24, 2.45) is 0 Å². The standard InChI is InChI=1S/C23H22N2O3S2/c1-4-11-25-22(27)20(30-23(25)29)13-17-7-5-6-8-19(17)28-14-21(26)24-18-10-9-15(2)16(3)12-18/h4-10,12-13H,1,11,14H2,2-3H3,(H,24,26)/b20-13-. The summed E-state index contributed by atoms with van der Waals surface area (Å²) in [5.74, 6) is 0.0966. The summed E-state index contributed by atoms with van der Waals surface area (Å²) in [5.41, 5.74) is 3.70. The van der Waals surface area contributed by atoms with Gasteiger partial charge in [0.05, 0.1) is 4.91 Å². The molecule has 0 radical (unpaired) electrons. The average molecular weight is 439 g/mol. The molecule has 30 heavy (non-hydrogen) atoms. The quantitative estimate of drug-likeness (QED) is 0.385. The van der Waals surface area contributed by atoms with Crippen molar-refractivity contribution in [1.29, 1.82) is 0 Å². The maximum atomic E-state index is 12.5. The number of thiocarbonyl (C=S) groups is 1. The Morgan fingerprint density at radius 2 is 2.00 bits per heavy atom. The number of para-hydroxylation sites is 1. The number of rotatable bonds is 7. The normalized spacial score (nSPS) is 14.9. The summed E-state index contributed by atoms with van der Waals surface area (Å²) in [6.45, 7) is 7.90. The molecule has 154 valence electrons. The zero-order valence-corrected chi connectivity index (χ0v) is 18.4. The molecule has 1 fully saturated rings. The maximum absolute atomic E-state index is 12.5. The van der Waals surface area contributed by atoms with Crippen LogP contribution in [0, 0.1) is 13.8 Å². The minimum Gasteiger partial charge on any atom is -0.483 e. The highest BCUT2D eigenvalue weighted by Crippen LogP contribution is 2.34. The number of hydrogen-bond donors (Lipinski definition) is 1. The molecule has 0 aromatic heterocycles. The highest BCUT2D eigenvalue weighted by molar-refractivity contribution is 8.26. The second-order valence-corrected chi connectivity index (χ2v) is 8.43. The van der Waals surface area contributed by atoms with Crippen LogP contribution in [0.4, 0.5) is 5.69 Å². The zero-order valence-electron chi connectivity index (χ0n) is 16.8. The Morgan fingerprint density at radius 1 is 1.23 bits per heavy atom. The summed E-state index contributed by atoms with van der Waals surface area (Å²) in [4.78, 5) is 26.9. The third kappa shape index (κ3) is 5.17. The summed E-state index contributed by atoms with van der Waals surface area (Å²) in [5, 5.41) is 2.83. The number of amides is 2. The lowest BCUT2D eigenvalue weighted by atomic mass is 10.1. The topological polar surface area (TPSA) is 58.6 Å². The molecule has 0 atom stereocenters. The van der Waals surface area contributed by atoms with Crippen molar-refractivity contribution < 1.29 is 14.3 Å². The van der Waals surface area contributed by atoms with Crippen LogP contribution >= 0.6 is 24.0 Å². The van der Waals surface area contributed by atoms with Crippen molar-refractivity contribution in [1.82, 2.24) is 4.90 Å². The van der Waals surface area contributed by atoms with Crippen molar-refractivity contribution in [3.8, 4) is 5.75 Å². The van der Waals surface area contributed by atoms with Gasteiger partial charge >= 0.3 is 0 Å². The molecule has 1 N–H and O–H groups in total. The van der Waals surface area contributed by atoms with E-state index in [1.165, 1.54) is 16.7 Å². The molecule has 0 unspecified atom stereocenters. The van der Waals surface area contributed by atoms with Crippen LogP contribution < -0.4 is 10.1 Å². The number of thioether (sulfide) groups is 1. The first-order valence-corrected chi connectivity index (χ1v) is 10.6. The lowest BCUT2D eigenvalue weighted by molar-refractivity contribution is -0.121. The second kappa shape index (κ2) is 9.73.